The van der Waals surface area contributed by atoms with Gasteiger partial charge in [-0.3, -0.25) is 0 Å². The number of aryl methyl sites for hydroxylation is 1. The maximum absolute atomic E-state index is 5.44. The molecule has 1 N–H and O–H groups in total. The lowest BCUT2D eigenvalue weighted by Crippen LogP contribution is -2.38. The highest BCUT2D eigenvalue weighted by atomic mass is 16.5. The van der Waals surface area contributed by atoms with Crippen LogP contribution in [0.25, 0.3) is 0 Å². The number of fused-ring (bicyclic) bond motifs is 2. The summed E-state index contributed by atoms with van der Waals surface area (Å²) in [5.41, 5.74) is 3.08. The zero-order chi connectivity index (χ0) is 10.3. The van der Waals surface area contributed by atoms with Crippen molar-refractivity contribution in [2.75, 3.05) is 13.1 Å². The topological polar surface area (TPSA) is 38.1 Å². The molecule has 0 radical (unpaired) electrons. The van der Waals surface area contributed by atoms with E-state index in [1.807, 2.05) is 0 Å². The number of hydrogen-bond donors (Lipinski definition) is 1. The van der Waals surface area contributed by atoms with Crippen LogP contribution in [0.2, 0.25) is 0 Å². The fourth-order valence-corrected chi connectivity index (χ4v) is 3.17. The molecule has 1 saturated heterocycles. The predicted molar refractivity (Wildman–Crippen MR) is 58.0 cm³/mol. The van der Waals surface area contributed by atoms with Crippen LogP contribution in [-0.4, -0.2) is 18.2 Å². The van der Waals surface area contributed by atoms with Gasteiger partial charge in [-0.25, -0.2) is 0 Å². The zero-order valence-corrected chi connectivity index (χ0v) is 9.31. The van der Waals surface area contributed by atoms with Crippen molar-refractivity contribution in [1.82, 2.24) is 10.5 Å². The van der Waals surface area contributed by atoms with Crippen LogP contribution in [0.15, 0.2) is 4.52 Å². The summed E-state index contributed by atoms with van der Waals surface area (Å²) in [4.78, 5) is 0. The molecule has 3 nitrogen and oxygen atoms in total. The summed E-state index contributed by atoms with van der Waals surface area (Å²) in [6, 6.07) is 0. The Bertz CT molecular complexity index is 364. The van der Waals surface area contributed by atoms with Gasteiger partial charge in [-0.15, -0.1) is 0 Å². The molecule has 0 atom stereocenters. The average molecular weight is 206 g/mol. The third kappa shape index (κ3) is 1.26. The van der Waals surface area contributed by atoms with E-state index in [0.29, 0.717) is 5.41 Å². The second-order valence-electron chi connectivity index (χ2n) is 4.82. The van der Waals surface area contributed by atoms with Crippen molar-refractivity contribution in [2.24, 2.45) is 0 Å². The highest BCUT2D eigenvalue weighted by Crippen LogP contribution is 2.45. The van der Waals surface area contributed by atoms with E-state index in [1.165, 1.54) is 36.9 Å². The number of hydrogen-bond acceptors (Lipinski definition) is 3. The summed E-state index contributed by atoms with van der Waals surface area (Å²) in [6.07, 6.45) is 5.92. The van der Waals surface area contributed by atoms with Crippen LogP contribution < -0.4 is 5.32 Å². The van der Waals surface area contributed by atoms with Gasteiger partial charge in [-0.2, -0.15) is 0 Å². The molecule has 0 bridgehead atoms. The van der Waals surface area contributed by atoms with Gasteiger partial charge in [-0.05, 0) is 38.8 Å². The predicted octanol–water partition coefficient (Wildman–Crippen LogP) is 1.80. The Morgan fingerprint density at radius 3 is 2.87 bits per heavy atom. The van der Waals surface area contributed by atoms with Gasteiger partial charge >= 0.3 is 0 Å². The van der Waals surface area contributed by atoms with Crippen molar-refractivity contribution in [3.05, 3.63) is 17.0 Å². The molecule has 2 heterocycles. The Labute approximate surface area is 90.2 Å². The van der Waals surface area contributed by atoms with Gasteiger partial charge < -0.3 is 9.84 Å². The Balaban J connectivity index is 1.99. The van der Waals surface area contributed by atoms with Crippen LogP contribution >= 0.6 is 0 Å². The van der Waals surface area contributed by atoms with Gasteiger partial charge in [-0.1, -0.05) is 12.1 Å². The summed E-state index contributed by atoms with van der Waals surface area (Å²) in [7, 11) is 0. The third-order valence-electron chi connectivity index (χ3n) is 4.11. The molecule has 1 spiro atoms. The first-order valence-corrected chi connectivity index (χ1v) is 6.04. The second kappa shape index (κ2) is 3.34. The molecule has 1 aliphatic heterocycles. The fourth-order valence-electron chi connectivity index (χ4n) is 3.17. The van der Waals surface area contributed by atoms with Crippen LogP contribution in [0.3, 0.4) is 0 Å². The average Bonchev–Trinajstić information content (AvgIpc) is 2.83. The van der Waals surface area contributed by atoms with E-state index >= 15 is 0 Å². The third-order valence-corrected chi connectivity index (χ3v) is 4.11. The number of nitrogens with zero attached hydrogens (tertiary/aromatic N) is 1. The van der Waals surface area contributed by atoms with E-state index in [0.717, 1.165) is 25.3 Å². The first-order chi connectivity index (χ1) is 7.36. The number of piperidine rings is 1. The SMILES string of the molecule is CCc1onc2c1CCC21CCNCC1. The van der Waals surface area contributed by atoms with Crippen molar-refractivity contribution in [3.63, 3.8) is 0 Å². The standard InChI is InChI=1S/C12H18N2O/c1-2-10-9-3-4-12(11(9)14-15-10)5-7-13-8-6-12/h13H,2-8H2,1H3. The number of aromatic nitrogens is 1. The Hall–Kier alpha value is -0.830. The lowest BCUT2D eigenvalue weighted by molar-refractivity contribution is 0.274. The molecule has 1 fully saturated rings. The maximum Gasteiger partial charge on any atom is 0.139 e. The van der Waals surface area contributed by atoms with Crippen LogP contribution in [-0.2, 0) is 18.3 Å². The summed E-state index contributed by atoms with van der Waals surface area (Å²) in [6.45, 7) is 4.41. The smallest absolute Gasteiger partial charge is 0.139 e. The highest BCUT2D eigenvalue weighted by Gasteiger charge is 2.43. The molecule has 15 heavy (non-hydrogen) atoms. The molecule has 0 saturated carbocycles. The van der Waals surface area contributed by atoms with Crippen molar-refractivity contribution < 1.29 is 4.52 Å². The molecule has 3 rings (SSSR count). The minimum Gasteiger partial charge on any atom is -0.361 e. The molecular weight excluding hydrogens is 188 g/mol. The van der Waals surface area contributed by atoms with Crippen LogP contribution in [0, 0.1) is 0 Å². The minimum atomic E-state index is 0.359. The largest absolute Gasteiger partial charge is 0.361 e. The molecular formula is C12H18N2O. The lowest BCUT2D eigenvalue weighted by atomic mass is 9.77. The fraction of sp³-hybridized carbons (Fsp3) is 0.750. The monoisotopic (exact) mass is 206 g/mol. The van der Waals surface area contributed by atoms with Gasteiger partial charge in [0, 0.05) is 17.4 Å². The van der Waals surface area contributed by atoms with E-state index in [1.54, 1.807) is 0 Å². The van der Waals surface area contributed by atoms with Gasteiger partial charge in [0.2, 0.25) is 0 Å². The van der Waals surface area contributed by atoms with Gasteiger partial charge in [0.15, 0.2) is 0 Å². The normalized spacial score (nSPS) is 23.3. The lowest BCUT2D eigenvalue weighted by Gasteiger charge is -2.32. The first-order valence-electron chi connectivity index (χ1n) is 6.04. The molecule has 2 aliphatic rings. The molecule has 1 aliphatic carbocycles. The van der Waals surface area contributed by atoms with E-state index in [2.05, 4.69) is 17.4 Å². The zero-order valence-electron chi connectivity index (χ0n) is 9.31. The van der Waals surface area contributed by atoms with E-state index in [9.17, 15) is 0 Å². The van der Waals surface area contributed by atoms with Gasteiger partial charge in [0.25, 0.3) is 0 Å². The highest BCUT2D eigenvalue weighted by molar-refractivity contribution is 5.36. The van der Waals surface area contributed by atoms with E-state index < -0.39 is 0 Å². The first kappa shape index (κ1) is 9.40. The van der Waals surface area contributed by atoms with Crippen molar-refractivity contribution in [1.29, 1.82) is 0 Å². The van der Waals surface area contributed by atoms with Gasteiger partial charge in [0.1, 0.15) is 5.76 Å². The van der Waals surface area contributed by atoms with Crippen molar-refractivity contribution >= 4 is 0 Å². The van der Waals surface area contributed by atoms with E-state index in [4.69, 9.17) is 4.52 Å². The molecule has 1 aromatic heterocycles. The quantitative estimate of drug-likeness (QED) is 0.761. The Kier molecular flexibility index (Phi) is 2.09. The Morgan fingerprint density at radius 1 is 1.33 bits per heavy atom. The molecule has 0 unspecified atom stereocenters. The minimum absolute atomic E-state index is 0.359. The van der Waals surface area contributed by atoms with Crippen LogP contribution in [0.4, 0.5) is 0 Å². The van der Waals surface area contributed by atoms with Gasteiger partial charge in [0.05, 0.1) is 5.69 Å². The summed E-state index contributed by atoms with van der Waals surface area (Å²) in [5, 5.41) is 7.77. The van der Waals surface area contributed by atoms with Crippen LogP contribution in [0.5, 0.6) is 0 Å². The summed E-state index contributed by atoms with van der Waals surface area (Å²) >= 11 is 0. The number of nitrogens with one attached hydrogen (secondary N) is 1. The van der Waals surface area contributed by atoms with E-state index in [-0.39, 0.29) is 0 Å². The molecule has 1 aromatic rings. The molecule has 3 heteroatoms. The Morgan fingerprint density at radius 2 is 2.13 bits per heavy atom. The maximum atomic E-state index is 5.44. The van der Waals surface area contributed by atoms with Crippen molar-refractivity contribution in [2.45, 2.75) is 44.4 Å². The summed E-state index contributed by atoms with van der Waals surface area (Å²) in [5.74, 6) is 1.13. The molecule has 0 amide bonds. The number of rotatable bonds is 1. The summed E-state index contributed by atoms with van der Waals surface area (Å²) < 4.78 is 5.44. The molecule has 0 aromatic carbocycles. The van der Waals surface area contributed by atoms with Crippen molar-refractivity contribution in [3.8, 4) is 0 Å². The second-order valence-corrected chi connectivity index (χ2v) is 4.82. The van der Waals surface area contributed by atoms with Crippen LogP contribution in [0.1, 0.15) is 43.2 Å². The molecule has 82 valence electrons.